The molecule has 4 nitrogen and oxygen atoms in total. The lowest BCUT2D eigenvalue weighted by atomic mass is 10.7. The maximum Gasteiger partial charge on any atom is 0.329 e. The molecule has 62 valence electrons. The molecule has 0 aromatic carbocycles. The SMILES string of the molecule is C=CC(=O)OC.C=CNC=O. The fourth-order valence-electron chi connectivity index (χ4n) is 0.131. The van der Waals surface area contributed by atoms with Crippen LogP contribution in [0, 0.1) is 0 Å². The second-order valence-electron chi connectivity index (χ2n) is 1.22. The summed E-state index contributed by atoms with van der Waals surface area (Å²) in [6.45, 7) is 6.36. The maximum absolute atomic E-state index is 9.84. The normalized spacial score (nSPS) is 6.27. The number of hydrogen-bond acceptors (Lipinski definition) is 3. The van der Waals surface area contributed by atoms with Crippen molar-refractivity contribution in [2.24, 2.45) is 0 Å². The minimum absolute atomic E-state index is 0.394. The zero-order valence-electron chi connectivity index (χ0n) is 6.37. The van der Waals surface area contributed by atoms with Gasteiger partial charge in [-0.25, -0.2) is 4.79 Å². The van der Waals surface area contributed by atoms with E-state index in [1.54, 1.807) is 0 Å². The van der Waals surface area contributed by atoms with Gasteiger partial charge in [-0.05, 0) is 6.20 Å². The van der Waals surface area contributed by atoms with E-state index in [1.165, 1.54) is 13.3 Å². The van der Waals surface area contributed by atoms with Crippen LogP contribution in [-0.2, 0) is 14.3 Å². The Balaban J connectivity index is 0. The minimum Gasteiger partial charge on any atom is -0.466 e. The molecule has 0 aromatic rings. The maximum atomic E-state index is 9.84. The third kappa shape index (κ3) is 17.8. The second kappa shape index (κ2) is 11.2. The van der Waals surface area contributed by atoms with Gasteiger partial charge in [0.1, 0.15) is 0 Å². The fraction of sp³-hybridized carbons (Fsp3) is 0.143. The molecule has 0 aliphatic rings. The first-order chi connectivity index (χ1) is 5.22. The van der Waals surface area contributed by atoms with Crippen LogP contribution in [0.3, 0.4) is 0 Å². The zero-order valence-corrected chi connectivity index (χ0v) is 6.37. The monoisotopic (exact) mass is 157 g/mol. The lowest BCUT2D eigenvalue weighted by Gasteiger charge is -1.83. The highest BCUT2D eigenvalue weighted by atomic mass is 16.5. The third-order valence-corrected chi connectivity index (χ3v) is 0.554. The smallest absolute Gasteiger partial charge is 0.329 e. The predicted molar refractivity (Wildman–Crippen MR) is 41.6 cm³/mol. The molecule has 0 aliphatic carbocycles. The van der Waals surface area contributed by atoms with Crippen molar-refractivity contribution in [3.05, 3.63) is 25.4 Å². The molecule has 1 amide bonds. The number of amides is 1. The lowest BCUT2D eigenvalue weighted by Crippen LogP contribution is -1.96. The van der Waals surface area contributed by atoms with E-state index in [4.69, 9.17) is 0 Å². The highest BCUT2D eigenvalue weighted by Gasteiger charge is 1.81. The number of methoxy groups -OCH3 is 1. The molecule has 0 radical (unpaired) electrons. The lowest BCUT2D eigenvalue weighted by molar-refractivity contribution is -0.134. The van der Waals surface area contributed by atoms with Crippen LogP contribution < -0.4 is 5.32 Å². The van der Waals surface area contributed by atoms with E-state index >= 15 is 0 Å². The average Bonchev–Trinajstić information content (AvgIpc) is 2.06. The fourth-order valence-corrected chi connectivity index (χ4v) is 0.131. The van der Waals surface area contributed by atoms with Crippen molar-refractivity contribution < 1.29 is 14.3 Å². The van der Waals surface area contributed by atoms with E-state index < -0.39 is 5.97 Å². The first kappa shape index (κ1) is 12.1. The van der Waals surface area contributed by atoms with Crippen molar-refractivity contribution >= 4 is 12.4 Å². The number of ether oxygens (including phenoxy) is 1. The van der Waals surface area contributed by atoms with Crippen LogP contribution in [0.25, 0.3) is 0 Å². The van der Waals surface area contributed by atoms with Crippen molar-refractivity contribution in [3.63, 3.8) is 0 Å². The summed E-state index contributed by atoms with van der Waals surface area (Å²) in [7, 11) is 1.31. The molecule has 0 rings (SSSR count). The molecular formula is C7H11NO3. The van der Waals surface area contributed by atoms with Crippen LogP contribution in [0.5, 0.6) is 0 Å². The van der Waals surface area contributed by atoms with Gasteiger partial charge < -0.3 is 10.1 Å². The van der Waals surface area contributed by atoms with Crippen LogP contribution >= 0.6 is 0 Å². The molecule has 1 N–H and O–H groups in total. The van der Waals surface area contributed by atoms with Gasteiger partial charge in [0.2, 0.25) is 6.41 Å². The van der Waals surface area contributed by atoms with Crippen LogP contribution in [0.15, 0.2) is 25.4 Å². The standard InChI is InChI=1S/C4H6O2.C3H5NO/c1-3-4(5)6-2;1-2-4-3-5/h3H,1H2,2H3;2-3H,1H2,(H,4,5). The molecule has 0 unspecified atom stereocenters. The number of esters is 1. The van der Waals surface area contributed by atoms with Crippen molar-refractivity contribution in [2.75, 3.05) is 7.11 Å². The summed E-state index contributed by atoms with van der Waals surface area (Å²) in [5.41, 5.74) is 0. The zero-order chi connectivity index (χ0) is 9.11. The summed E-state index contributed by atoms with van der Waals surface area (Å²) < 4.78 is 4.14. The number of carbonyl (C=O) groups is 2. The van der Waals surface area contributed by atoms with Gasteiger partial charge in [0, 0.05) is 6.08 Å². The second-order valence-corrected chi connectivity index (χ2v) is 1.22. The van der Waals surface area contributed by atoms with E-state index in [9.17, 15) is 9.59 Å². The van der Waals surface area contributed by atoms with E-state index in [1.807, 2.05) is 0 Å². The Bertz CT molecular complexity index is 137. The van der Waals surface area contributed by atoms with Crippen molar-refractivity contribution in [2.45, 2.75) is 0 Å². The van der Waals surface area contributed by atoms with Gasteiger partial charge in [-0.1, -0.05) is 13.2 Å². The first-order valence-electron chi connectivity index (χ1n) is 2.73. The van der Waals surface area contributed by atoms with Crippen molar-refractivity contribution in [1.82, 2.24) is 5.32 Å². The number of nitrogens with one attached hydrogen (secondary N) is 1. The summed E-state index contributed by atoms with van der Waals surface area (Å²) in [5.74, 6) is -0.394. The van der Waals surface area contributed by atoms with Gasteiger partial charge in [0.25, 0.3) is 0 Å². The summed E-state index contributed by atoms with van der Waals surface area (Å²) in [5, 5.41) is 2.19. The topological polar surface area (TPSA) is 55.4 Å². The van der Waals surface area contributed by atoms with E-state index in [-0.39, 0.29) is 0 Å². The minimum atomic E-state index is -0.394. The van der Waals surface area contributed by atoms with Gasteiger partial charge in [-0.3, -0.25) is 4.79 Å². The highest BCUT2D eigenvalue weighted by molar-refractivity contribution is 5.80. The molecule has 0 saturated carbocycles. The summed E-state index contributed by atoms with van der Waals surface area (Å²) in [6, 6.07) is 0. The molecule has 11 heavy (non-hydrogen) atoms. The number of rotatable bonds is 3. The van der Waals surface area contributed by atoms with Gasteiger partial charge in [-0.2, -0.15) is 0 Å². The predicted octanol–water partition coefficient (Wildman–Crippen LogP) is 0.221. The largest absolute Gasteiger partial charge is 0.466 e. The Morgan fingerprint density at radius 2 is 2.09 bits per heavy atom. The van der Waals surface area contributed by atoms with Crippen LogP contribution in [0.2, 0.25) is 0 Å². The Kier molecular flexibility index (Phi) is 12.4. The molecule has 0 saturated heterocycles. The van der Waals surface area contributed by atoms with Crippen molar-refractivity contribution in [1.29, 1.82) is 0 Å². The van der Waals surface area contributed by atoms with Gasteiger partial charge in [0.05, 0.1) is 7.11 Å². The van der Waals surface area contributed by atoms with E-state index in [2.05, 4.69) is 23.2 Å². The molecule has 0 aromatic heterocycles. The Labute approximate surface area is 65.5 Å². The van der Waals surface area contributed by atoms with E-state index in [0.717, 1.165) is 6.08 Å². The average molecular weight is 157 g/mol. The molecule has 0 aliphatic heterocycles. The van der Waals surface area contributed by atoms with Gasteiger partial charge >= 0.3 is 5.97 Å². The summed E-state index contributed by atoms with van der Waals surface area (Å²) >= 11 is 0. The number of carbonyl (C=O) groups excluding carboxylic acids is 2. The Morgan fingerprint density at radius 1 is 1.55 bits per heavy atom. The molecule has 0 spiro atoms. The summed E-state index contributed by atoms with van der Waals surface area (Å²) in [6.07, 6.45) is 2.99. The van der Waals surface area contributed by atoms with Gasteiger partial charge in [-0.15, -0.1) is 0 Å². The first-order valence-corrected chi connectivity index (χ1v) is 2.73. The highest BCUT2D eigenvalue weighted by Crippen LogP contribution is 1.67. The van der Waals surface area contributed by atoms with Crippen molar-refractivity contribution in [3.8, 4) is 0 Å². The third-order valence-electron chi connectivity index (χ3n) is 0.554. The van der Waals surface area contributed by atoms with Crippen LogP contribution in [-0.4, -0.2) is 19.5 Å². The number of hydrogen-bond donors (Lipinski definition) is 1. The van der Waals surface area contributed by atoms with Crippen LogP contribution in [0.1, 0.15) is 0 Å². The van der Waals surface area contributed by atoms with Gasteiger partial charge in [0.15, 0.2) is 0 Å². The van der Waals surface area contributed by atoms with E-state index in [0.29, 0.717) is 6.41 Å². The molecular weight excluding hydrogens is 146 g/mol. The molecule has 4 heteroatoms. The molecule has 0 bridgehead atoms. The summed E-state index contributed by atoms with van der Waals surface area (Å²) in [4.78, 5) is 19.1. The Morgan fingerprint density at radius 3 is 2.09 bits per heavy atom. The molecule has 0 fully saturated rings. The molecule has 0 heterocycles. The quantitative estimate of drug-likeness (QED) is 0.362. The van der Waals surface area contributed by atoms with Crippen LogP contribution in [0.4, 0.5) is 0 Å². The molecule has 0 atom stereocenters. The Hall–Kier alpha value is -1.58.